The molecule has 0 unspecified atom stereocenters. The number of aryl methyl sites for hydroxylation is 1. The summed E-state index contributed by atoms with van der Waals surface area (Å²) in [4.78, 5) is 38.1. The Bertz CT molecular complexity index is 843. The molecule has 2 aromatic carbocycles. The Labute approximate surface area is 177 Å². The minimum absolute atomic E-state index is 0.0281. The summed E-state index contributed by atoms with van der Waals surface area (Å²) in [5.41, 5.74) is 2.43. The summed E-state index contributed by atoms with van der Waals surface area (Å²) in [5, 5.41) is 2.75. The number of nitrogens with one attached hydrogen (secondary N) is 1. The quantitative estimate of drug-likeness (QED) is 0.506. The minimum Gasteiger partial charge on any atom is -0.466 e. The van der Waals surface area contributed by atoms with Gasteiger partial charge in [-0.2, -0.15) is 0 Å². The predicted octanol–water partition coefficient (Wildman–Crippen LogP) is 3.82. The lowest BCUT2D eigenvalue weighted by Gasteiger charge is -2.15. The molecule has 6 nitrogen and oxygen atoms in total. The van der Waals surface area contributed by atoms with Crippen LogP contribution in [0.25, 0.3) is 0 Å². The van der Waals surface area contributed by atoms with E-state index < -0.39 is 0 Å². The van der Waals surface area contributed by atoms with Gasteiger partial charge < -0.3 is 15.0 Å². The van der Waals surface area contributed by atoms with E-state index in [4.69, 9.17) is 4.74 Å². The first-order valence-electron chi connectivity index (χ1n) is 10.5. The Morgan fingerprint density at radius 2 is 1.60 bits per heavy atom. The third-order valence-corrected chi connectivity index (χ3v) is 5.08. The van der Waals surface area contributed by atoms with E-state index in [1.54, 1.807) is 24.3 Å². The van der Waals surface area contributed by atoms with E-state index in [0.29, 0.717) is 17.9 Å². The number of ether oxygens (including phenoxy) is 1. The topological polar surface area (TPSA) is 75.7 Å². The van der Waals surface area contributed by atoms with Gasteiger partial charge in [0.1, 0.15) is 0 Å². The van der Waals surface area contributed by atoms with E-state index in [1.165, 1.54) is 5.56 Å². The third kappa shape index (κ3) is 6.72. The van der Waals surface area contributed by atoms with Gasteiger partial charge in [-0.05, 0) is 55.5 Å². The zero-order chi connectivity index (χ0) is 21.2. The van der Waals surface area contributed by atoms with Crippen LogP contribution >= 0.6 is 0 Å². The molecule has 30 heavy (non-hydrogen) atoms. The van der Waals surface area contributed by atoms with Gasteiger partial charge in [-0.15, -0.1) is 0 Å². The van der Waals surface area contributed by atoms with Crippen LogP contribution in [0.3, 0.4) is 0 Å². The van der Waals surface area contributed by atoms with Crippen molar-refractivity contribution in [3.8, 4) is 0 Å². The van der Waals surface area contributed by atoms with Gasteiger partial charge in [-0.3, -0.25) is 14.4 Å². The van der Waals surface area contributed by atoms with Crippen LogP contribution in [0, 0.1) is 0 Å². The zero-order valence-electron chi connectivity index (χ0n) is 17.1. The Kier molecular flexibility index (Phi) is 8.01. The number of anilines is 1. The maximum atomic E-state index is 12.3. The molecule has 1 aliphatic rings. The van der Waals surface area contributed by atoms with Gasteiger partial charge in [-0.1, -0.05) is 30.3 Å². The maximum absolute atomic E-state index is 12.3. The van der Waals surface area contributed by atoms with Crippen LogP contribution < -0.4 is 5.32 Å². The molecule has 0 atom stereocenters. The standard InChI is InChI=1S/C24H28N2O4/c27-22(14-15-23(28)30-18-6-9-19-7-2-1-3-8-19)25-21-12-10-20(11-13-21)24(29)26-16-4-5-17-26/h1-3,7-8,10-13H,4-6,9,14-18H2,(H,25,27). The van der Waals surface area contributed by atoms with E-state index >= 15 is 0 Å². The number of hydrogen-bond donors (Lipinski definition) is 1. The molecule has 2 aromatic rings. The van der Waals surface area contributed by atoms with Crippen LogP contribution in [0.1, 0.15) is 48.0 Å². The molecule has 0 spiro atoms. The SMILES string of the molecule is O=C(CCC(=O)OCCCc1ccccc1)Nc1ccc(C(=O)N2CCCC2)cc1. The van der Waals surface area contributed by atoms with Crippen molar-refractivity contribution < 1.29 is 19.1 Å². The van der Waals surface area contributed by atoms with Gasteiger partial charge >= 0.3 is 5.97 Å². The van der Waals surface area contributed by atoms with Crippen molar-refractivity contribution in [2.45, 2.75) is 38.5 Å². The first-order chi connectivity index (χ1) is 14.6. The summed E-state index contributed by atoms with van der Waals surface area (Å²) in [6, 6.07) is 16.9. The van der Waals surface area contributed by atoms with Gasteiger partial charge in [0.2, 0.25) is 5.91 Å². The molecule has 1 N–H and O–H groups in total. The van der Waals surface area contributed by atoms with Gasteiger partial charge in [0, 0.05) is 30.8 Å². The van der Waals surface area contributed by atoms with Crippen molar-refractivity contribution in [3.05, 3.63) is 65.7 Å². The summed E-state index contributed by atoms with van der Waals surface area (Å²) in [6.07, 6.45) is 3.81. The van der Waals surface area contributed by atoms with Crippen LogP contribution in [0.2, 0.25) is 0 Å². The Morgan fingerprint density at radius 1 is 0.900 bits per heavy atom. The molecule has 1 aliphatic heterocycles. The fraction of sp³-hybridized carbons (Fsp3) is 0.375. The predicted molar refractivity (Wildman–Crippen MR) is 115 cm³/mol. The number of carbonyl (C=O) groups excluding carboxylic acids is 3. The number of rotatable bonds is 9. The highest BCUT2D eigenvalue weighted by molar-refractivity contribution is 5.96. The largest absolute Gasteiger partial charge is 0.466 e. The molecule has 2 amide bonds. The van der Waals surface area contributed by atoms with Crippen molar-refractivity contribution in [1.29, 1.82) is 0 Å². The number of hydrogen-bond acceptors (Lipinski definition) is 4. The van der Waals surface area contributed by atoms with Gasteiger partial charge in [0.15, 0.2) is 0 Å². The average molecular weight is 408 g/mol. The molecule has 3 rings (SSSR count). The Morgan fingerprint density at radius 3 is 2.30 bits per heavy atom. The van der Waals surface area contributed by atoms with E-state index in [0.717, 1.165) is 38.8 Å². The molecular weight excluding hydrogens is 380 g/mol. The summed E-state index contributed by atoms with van der Waals surface area (Å²) < 4.78 is 5.19. The van der Waals surface area contributed by atoms with E-state index in [-0.39, 0.29) is 30.6 Å². The lowest BCUT2D eigenvalue weighted by molar-refractivity contribution is -0.144. The first-order valence-corrected chi connectivity index (χ1v) is 10.5. The molecule has 1 heterocycles. The van der Waals surface area contributed by atoms with Crippen molar-refractivity contribution in [2.24, 2.45) is 0 Å². The Balaban J connectivity index is 1.32. The van der Waals surface area contributed by atoms with E-state index in [2.05, 4.69) is 5.32 Å². The molecule has 1 saturated heterocycles. The highest BCUT2D eigenvalue weighted by Crippen LogP contribution is 2.15. The smallest absolute Gasteiger partial charge is 0.306 e. The average Bonchev–Trinajstić information content (AvgIpc) is 3.31. The summed E-state index contributed by atoms with van der Waals surface area (Å²) >= 11 is 0. The number of likely N-dealkylation sites (tertiary alicyclic amines) is 1. The number of amides is 2. The van der Waals surface area contributed by atoms with Crippen molar-refractivity contribution in [2.75, 3.05) is 25.0 Å². The minimum atomic E-state index is -0.371. The fourth-order valence-electron chi connectivity index (χ4n) is 3.42. The highest BCUT2D eigenvalue weighted by atomic mass is 16.5. The molecule has 0 radical (unpaired) electrons. The molecule has 1 fully saturated rings. The second kappa shape index (κ2) is 11.1. The van der Waals surface area contributed by atoms with Crippen LogP contribution in [-0.2, 0) is 20.7 Å². The number of esters is 1. The lowest BCUT2D eigenvalue weighted by Crippen LogP contribution is -2.27. The van der Waals surface area contributed by atoms with Crippen LogP contribution in [0.15, 0.2) is 54.6 Å². The van der Waals surface area contributed by atoms with Crippen LogP contribution in [-0.4, -0.2) is 42.4 Å². The number of benzene rings is 2. The van der Waals surface area contributed by atoms with Crippen molar-refractivity contribution in [3.63, 3.8) is 0 Å². The first kappa shape index (κ1) is 21.6. The van der Waals surface area contributed by atoms with Crippen molar-refractivity contribution in [1.82, 2.24) is 4.90 Å². The van der Waals surface area contributed by atoms with E-state index in [9.17, 15) is 14.4 Å². The normalized spacial score (nSPS) is 13.1. The third-order valence-electron chi connectivity index (χ3n) is 5.08. The highest BCUT2D eigenvalue weighted by Gasteiger charge is 2.19. The second-order valence-electron chi connectivity index (χ2n) is 7.43. The molecule has 0 saturated carbocycles. The number of carbonyl (C=O) groups is 3. The van der Waals surface area contributed by atoms with Crippen LogP contribution in [0.5, 0.6) is 0 Å². The van der Waals surface area contributed by atoms with Crippen LogP contribution in [0.4, 0.5) is 5.69 Å². The summed E-state index contributed by atoms with van der Waals surface area (Å²) in [6.45, 7) is 1.96. The Hall–Kier alpha value is -3.15. The monoisotopic (exact) mass is 408 g/mol. The molecule has 6 heteroatoms. The van der Waals surface area contributed by atoms with Gasteiger partial charge in [0.25, 0.3) is 5.91 Å². The molecule has 0 bridgehead atoms. The lowest BCUT2D eigenvalue weighted by atomic mass is 10.1. The molecule has 0 aromatic heterocycles. The zero-order valence-corrected chi connectivity index (χ0v) is 17.1. The molecule has 158 valence electrons. The summed E-state index contributed by atoms with van der Waals surface area (Å²) in [7, 11) is 0. The van der Waals surface area contributed by atoms with E-state index in [1.807, 2.05) is 35.2 Å². The second-order valence-corrected chi connectivity index (χ2v) is 7.43. The fourth-order valence-corrected chi connectivity index (χ4v) is 3.42. The molecular formula is C24H28N2O4. The van der Waals surface area contributed by atoms with Gasteiger partial charge in [-0.25, -0.2) is 0 Å². The number of nitrogens with zero attached hydrogens (tertiary/aromatic N) is 1. The van der Waals surface area contributed by atoms with Gasteiger partial charge in [0.05, 0.1) is 13.0 Å². The van der Waals surface area contributed by atoms with Crippen molar-refractivity contribution >= 4 is 23.5 Å². The molecule has 0 aliphatic carbocycles. The summed E-state index contributed by atoms with van der Waals surface area (Å²) in [5.74, 6) is -0.597. The maximum Gasteiger partial charge on any atom is 0.306 e.